The van der Waals surface area contributed by atoms with Crippen LogP contribution in [0, 0.1) is 0 Å². The molecule has 2 aromatic rings. The van der Waals surface area contributed by atoms with Crippen molar-refractivity contribution in [1.29, 1.82) is 0 Å². The molecule has 3 N–H and O–H groups in total. The van der Waals surface area contributed by atoms with Crippen LogP contribution in [-0.4, -0.2) is 22.6 Å². The number of benzene rings is 1. The van der Waals surface area contributed by atoms with Gasteiger partial charge >= 0.3 is 0 Å². The number of carbonyl (C=O) groups excluding carboxylic acids is 1. The van der Waals surface area contributed by atoms with Crippen LogP contribution in [0.2, 0.25) is 0 Å². The normalized spacial score (nSPS) is 10.7. The number of rotatable bonds is 7. The molecule has 1 amide bonds. The number of primary amides is 1. The lowest BCUT2D eigenvalue weighted by molar-refractivity contribution is -0.117. The van der Waals surface area contributed by atoms with Gasteiger partial charge < -0.3 is 10.8 Å². The first-order valence-corrected chi connectivity index (χ1v) is 7.45. The average Bonchev–Trinajstić information content (AvgIpc) is 2.84. The Morgan fingerprint density at radius 3 is 2.70 bits per heavy atom. The van der Waals surface area contributed by atoms with Gasteiger partial charge in [0.05, 0.1) is 12.1 Å². The Labute approximate surface area is 122 Å². The standard InChI is InChI=1S/C15H18N2O2S/c16-14(19)9-15-17-13(10-20-15)5-4-11-2-1-3-12(8-11)6-7-18/h1-3,8,10,18H,4-7,9H2,(H2,16,19). The van der Waals surface area contributed by atoms with E-state index in [1.54, 1.807) is 0 Å². The summed E-state index contributed by atoms with van der Waals surface area (Å²) < 4.78 is 0. The van der Waals surface area contributed by atoms with Crippen molar-refractivity contribution >= 4 is 17.2 Å². The van der Waals surface area contributed by atoms with Crippen molar-refractivity contribution in [2.24, 2.45) is 5.73 Å². The molecule has 0 bridgehead atoms. The Kier molecular flexibility index (Phi) is 5.26. The molecule has 1 aromatic heterocycles. The first kappa shape index (κ1) is 14.7. The van der Waals surface area contributed by atoms with Crippen LogP contribution in [0.5, 0.6) is 0 Å². The summed E-state index contributed by atoms with van der Waals surface area (Å²) >= 11 is 1.48. The van der Waals surface area contributed by atoms with Gasteiger partial charge in [-0.15, -0.1) is 11.3 Å². The zero-order valence-corrected chi connectivity index (χ0v) is 12.0. The molecule has 2 rings (SSSR count). The van der Waals surface area contributed by atoms with E-state index in [1.807, 2.05) is 17.5 Å². The first-order valence-electron chi connectivity index (χ1n) is 6.57. The summed E-state index contributed by atoms with van der Waals surface area (Å²) in [5.41, 5.74) is 8.54. The zero-order chi connectivity index (χ0) is 14.4. The molecule has 5 heteroatoms. The number of aryl methyl sites for hydroxylation is 2. The average molecular weight is 290 g/mol. The van der Waals surface area contributed by atoms with Gasteiger partial charge in [0.2, 0.25) is 5.91 Å². The highest BCUT2D eigenvalue weighted by atomic mass is 32.1. The quantitative estimate of drug-likeness (QED) is 0.811. The summed E-state index contributed by atoms with van der Waals surface area (Å²) in [6.45, 7) is 0.173. The van der Waals surface area contributed by atoms with E-state index in [0.29, 0.717) is 6.42 Å². The van der Waals surface area contributed by atoms with Crippen molar-refractivity contribution in [2.45, 2.75) is 25.7 Å². The molecule has 0 aliphatic carbocycles. The predicted molar refractivity (Wildman–Crippen MR) is 79.7 cm³/mol. The molecule has 0 unspecified atom stereocenters. The second kappa shape index (κ2) is 7.17. The number of nitrogens with zero attached hydrogens (tertiary/aromatic N) is 1. The summed E-state index contributed by atoms with van der Waals surface area (Å²) in [5, 5.41) is 11.7. The summed E-state index contributed by atoms with van der Waals surface area (Å²) in [5.74, 6) is -0.345. The van der Waals surface area contributed by atoms with Gasteiger partial charge in [-0.2, -0.15) is 0 Å². The number of carbonyl (C=O) groups is 1. The van der Waals surface area contributed by atoms with Crippen molar-refractivity contribution in [2.75, 3.05) is 6.61 Å². The summed E-state index contributed by atoms with van der Waals surface area (Å²) in [4.78, 5) is 15.2. The van der Waals surface area contributed by atoms with Crippen LogP contribution in [0.3, 0.4) is 0 Å². The number of hydrogen-bond donors (Lipinski definition) is 2. The highest BCUT2D eigenvalue weighted by Crippen LogP contribution is 2.14. The number of aromatic nitrogens is 1. The highest BCUT2D eigenvalue weighted by Gasteiger charge is 2.05. The van der Waals surface area contributed by atoms with Crippen LogP contribution in [0.4, 0.5) is 0 Å². The lowest BCUT2D eigenvalue weighted by Gasteiger charge is -2.03. The van der Waals surface area contributed by atoms with E-state index in [0.717, 1.165) is 29.1 Å². The van der Waals surface area contributed by atoms with E-state index >= 15 is 0 Å². The zero-order valence-electron chi connectivity index (χ0n) is 11.2. The van der Waals surface area contributed by atoms with Gasteiger partial charge in [-0.25, -0.2) is 4.98 Å². The Hall–Kier alpha value is -1.72. The Morgan fingerprint density at radius 2 is 2.00 bits per heavy atom. The van der Waals surface area contributed by atoms with E-state index in [9.17, 15) is 4.79 Å². The van der Waals surface area contributed by atoms with Gasteiger partial charge in [0.15, 0.2) is 0 Å². The summed E-state index contributed by atoms with van der Waals surface area (Å²) in [6.07, 6.45) is 2.65. The molecular weight excluding hydrogens is 272 g/mol. The molecule has 4 nitrogen and oxygen atoms in total. The van der Waals surface area contributed by atoms with Crippen molar-refractivity contribution in [1.82, 2.24) is 4.98 Å². The molecule has 0 radical (unpaired) electrons. The van der Waals surface area contributed by atoms with Crippen molar-refractivity contribution in [3.05, 3.63) is 51.5 Å². The number of thiazole rings is 1. The smallest absolute Gasteiger partial charge is 0.224 e. The van der Waals surface area contributed by atoms with Crippen LogP contribution in [0.15, 0.2) is 29.6 Å². The second-order valence-corrected chi connectivity index (χ2v) is 5.61. The summed E-state index contributed by atoms with van der Waals surface area (Å²) in [7, 11) is 0. The van der Waals surface area contributed by atoms with E-state index in [-0.39, 0.29) is 18.9 Å². The second-order valence-electron chi connectivity index (χ2n) is 4.67. The van der Waals surface area contributed by atoms with Crippen LogP contribution in [0.25, 0.3) is 0 Å². The van der Waals surface area contributed by atoms with Gasteiger partial charge in [-0.1, -0.05) is 24.3 Å². The third-order valence-electron chi connectivity index (χ3n) is 2.99. The molecule has 0 atom stereocenters. The van der Waals surface area contributed by atoms with E-state index in [2.05, 4.69) is 17.1 Å². The highest BCUT2D eigenvalue weighted by molar-refractivity contribution is 7.09. The molecular formula is C15H18N2O2S. The molecule has 0 spiro atoms. The number of aliphatic hydroxyl groups excluding tert-OH is 1. The fourth-order valence-corrected chi connectivity index (χ4v) is 2.87. The molecule has 0 fully saturated rings. The number of aliphatic hydroxyl groups is 1. The minimum Gasteiger partial charge on any atom is -0.396 e. The van der Waals surface area contributed by atoms with Gasteiger partial charge in [0.25, 0.3) is 0 Å². The predicted octanol–water partition coefficient (Wildman–Crippen LogP) is 1.49. The van der Waals surface area contributed by atoms with Crippen molar-refractivity contribution < 1.29 is 9.90 Å². The largest absolute Gasteiger partial charge is 0.396 e. The molecule has 0 saturated heterocycles. The molecule has 0 saturated carbocycles. The Bertz CT molecular complexity index is 581. The van der Waals surface area contributed by atoms with Crippen LogP contribution in [0.1, 0.15) is 21.8 Å². The minimum atomic E-state index is -0.345. The van der Waals surface area contributed by atoms with Crippen LogP contribution in [-0.2, 0) is 30.5 Å². The maximum absolute atomic E-state index is 10.8. The monoisotopic (exact) mass is 290 g/mol. The van der Waals surface area contributed by atoms with Gasteiger partial charge in [-0.3, -0.25) is 4.79 Å². The fourth-order valence-electron chi connectivity index (χ4n) is 2.04. The number of amides is 1. The number of nitrogens with two attached hydrogens (primary N) is 1. The van der Waals surface area contributed by atoms with Crippen LogP contribution < -0.4 is 5.73 Å². The molecule has 0 aliphatic rings. The molecule has 106 valence electrons. The minimum absolute atomic E-state index is 0.173. The van der Waals surface area contributed by atoms with Crippen molar-refractivity contribution in [3.8, 4) is 0 Å². The summed E-state index contributed by atoms with van der Waals surface area (Å²) in [6, 6.07) is 8.23. The SMILES string of the molecule is NC(=O)Cc1nc(CCc2cccc(CCO)c2)cs1. The number of hydrogen-bond acceptors (Lipinski definition) is 4. The van der Waals surface area contributed by atoms with Gasteiger partial charge in [-0.05, 0) is 30.4 Å². The Morgan fingerprint density at radius 1 is 1.25 bits per heavy atom. The van der Waals surface area contributed by atoms with Gasteiger partial charge in [0, 0.05) is 12.0 Å². The molecule has 20 heavy (non-hydrogen) atoms. The Balaban J connectivity index is 1.92. The van der Waals surface area contributed by atoms with Crippen molar-refractivity contribution in [3.63, 3.8) is 0 Å². The first-order chi connectivity index (χ1) is 9.67. The fraction of sp³-hybridized carbons (Fsp3) is 0.333. The van der Waals surface area contributed by atoms with E-state index in [1.165, 1.54) is 16.9 Å². The van der Waals surface area contributed by atoms with Gasteiger partial charge in [0.1, 0.15) is 5.01 Å². The molecule has 1 heterocycles. The molecule has 0 aliphatic heterocycles. The third kappa shape index (κ3) is 4.43. The third-order valence-corrected chi connectivity index (χ3v) is 3.88. The topological polar surface area (TPSA) is 76.2 Å². The lowest BCUT2D eigenvalue weighted by Crippen LogP contribution is -2.13. The molecule has 1 aromatic carbocycles. The van der Waals surface area contributed by atoms with E-state index in [4.69, 9.17) is 10.8 Å². The van der Waals surface area contributed by atoms with E-state index < -0.39 is 0 Å². The van der Waals surface area contributed by atoms with Crippen LogP contribution >= 0.6 is 11.3 Å². The maximum atomic E-state index is 10.8. The maximum Gasteiger partial charge on any atom is 0.224 e. The lowest BCUT2D eigenvalue weighted by atomic mass is 10.0.